The van der Waals surface area contributed by atoms with Crippen LogP contribution in [0.2, 0.25) is 0 Å². The average molecular weight is 532 g/mol. The molecule has 4 atom stereocenters. The molecule has 0 aromatic carbocycles. The number of nitrogens with two attached hydrogens (primary N) is 5. The number of carboxylic acids is 2. The molecule has 0 heterocycles. The number of carboxylic acid groups (broad SMARTS) is 2. The van der Waals surface area contributed by atoms with Gasteiger partial charge in [0.15, 0.2) is 5.96 Å². The second kappa shape index (κ2) is 16.2. The molecule has 37 heavy (non-hydrogen) atoms. The third-order valence-electron chi connectivity index (χ3n) is 4.64. The molecule has 0 spiro atoms. The smallest absolute Gasteiger partial charge is 0.326 e. The molecule has 0 aromatic heterocycles. The largest absolute Gasteiger partial charge is 0.481 e. The summed E-state index contributed by atoms with van der Waals surface area (Å²) in [6.07, 6.45) is -2.18. The Morgan fingerprint density at radius 3 is 1.73 bits per heavy atom. The molecule has 0 saturated heterocycles. The molecule has 18 heteroatoms. The summed E-state index contributed by atoms with van der Waals surface area (Å²) in [6, 6.07) is -6.15. The zero-order valence-electron chi connectivity index (χ0n) is 19.8. The van der Waals surface area contributed by atoms with Crippen molar-refractivity contribution in [2.45, 2.75) is 62.7 Å². The summed E-state index contributed by atoms with van der Waals surface area (Å²) < 4.78 is 0. The molecule has 208 valence electrons. The van der Waals surface area contributed by atoms with E-state index in [0.29, 0.717) is 0 Å². The van der Waals surface area contributed by atoms with Gasteiger partial charge in [0.1, 0.15) is 18.1 Å². The maximum atomic E-state index is 12.8. The van der Waals surface area contributed by atoms with E-state index in [1.807, 2.05) is 0 Å². The van der Waals surface area contributed by atoms with E-state index < -0.39 is 84.9 Å². The van der Waals surface area contributed by atoms with Crippen LogP contribution >= 0.6 is 0 Å². The topological polar surface area (TPSA) is 338 Å². The number of aliphatic imine (C=N–C) groups is 1. The first-order valence-corrected chi connectivity index (χ1v) is 10.9. The van der Waals surface area contributed by atoms with Gasteiger partial charge in [0.25, 0.3) is 0 Å². The summed E-state index contributed by atoms with van der Waals surface area (Å²) in [5, 5.41) is 24.6. The van der Waals surface area contributed by atoms with Crippen LogP contribution in [-0.2, 0) is 33.6 Å². The Hall–Kier alpha value is -4.48. The molecule has 0 aliphatic heterocycles. The highest BCUT2D eigenvalue weighted by atomic mass is 16.4. The Labute approximate surface area is 210 Å². The Bertz CT molecular complexity index is 905. The van der Waals surface area contributed by atoms with Crippen LogP contribution in [0.15, 0.2) is 4.99 Å². The molecule has 15 N–H and O–H groups in total. The molecule has 18 nitrogen and oxygen atoms in total. The van der Waals surface area contributed by atoms with Crippen molar-refractivity contribution in [2.24, 2.45) is 33.7 Å². The lowest BCUT2D eigenvalue weighted by Crippen LogP contribution is -2.58. The Morgan fingerprint density at radius 2 is 1.24 bits per heavy atom. The van der Waals surface area contributed by atoms with Gasteiger partial charge in [-0.2, -0.15) is 0 Å². The quantitative estimate of drug-likeness (QED) is 0.0449. The van der Waals surface area contributed by atoms with E-state index in [1.54, 1.807) is 0 Å². The fourth-order valence-corrected chi connectivity index (χ4v) is 2.83. The lowest BCUT2D eigenvalue weighted by Gasteiger charge is -2.24. The van der Waals surface area contributed by atoms with E-state index in [9.17, 15) is 38.7 Å². The van der Waals surface area contributed by atoms with Crippen LogP contribution in [0, 0.1) is 0 Å². The van der Waals surface area contributed by atoms with E-state index in [2.05, 4.69) is 20.9 Å². The normalized spacial score (nSPS) is 13.6. The van der Waals surface area contributed by atoms with Crippen molar-refractivity contribution >= 4 is 47.4 Å². The minimum absolute atomic E-state index is 0.0856. The Balaban J connectivity index is 5.58. The summed E-state index contributed by atoms with van der Waals surface area (Å²) in [5.74, 6) is -8.06. The monoisotopic (exact) mass is 531 g/mol. The van der Waals surface area contributed by atoms with Gasteiger partial charge in [-0.05, 0) is 19.3 Å². The molecule has 0 rings (SSSR count). The van der Waals surface area contributed by atoms with Gasteiger partial charge in [0.2, 0.25) is 29.5 Å². The molecule has 5 amide bonds. The van der Waals surface area contributed by atoms with Crippen molar-refractivity contribution in [3.05, 3.63) is 0 Å². The minimum atomic E-state index is -1.66. The molecule has 0 aliphatic rings. The zero-order valence-corrected chi connectivity index (χ0v) is 19.8. The van der Waals surface area contributed by atoms with E-state index in [4.69, 9.17) is 33.8 Å². The summed E-state index contributed by atoms with van der Waals surface area (Å²) in [7, 11) is 0. The summed E-state index contributed by atoms with van der Waals surface area (Å²) in [5.41, 5.74) is 26.0. The van der Waals surface area contributed by atoms with Crippen LogP contribution in [0.1, 0.15) is 38.5 Å². The third kappa shape index (κ3) is 14.5. The van der Waals surface area contributed by atoms with Crippen LogP contribution in [0.4, 0.5) is 0 Å². The fraction of sp³-hybridized carbons (Fsp3) is 0.579. The van der Waals surface area contributed by atoms with E-state index >= 15 is 0 Å². The standard InChI is InChI=1S/C19H33N9O9/c20-8(6-14(31)32)15(33)28-11(7-13(22)30)17(35)26-9(3-4-12(21)29)16(34)27-10(18(36)37)2-1-5-25-19(23)24/h8-11H,1-7,20H2,(H2,21,29)(H2,22,30)(H,26,35)(H,27,34)(H,28,33)(H,31,32)(H,36,37)(H4,23,24,25). The number of carbonyl (C=O) groups is 7. The minimum Gasteiger partial charge on any atom is -0.481 e. The zero-order chi connectivity index (χ0) is 28.7. The molecular weight excluding hydrogens is 498 g/mol. The van der Waals surface area contributed by atoms with Crippen LogP contribution in [-0.4, -0.2) is 88.4 Å². The van der Waals surface area contributed by atoms with Crippen molar-refractivity contribution in [1.29, 1.82) is 0 Å². The van der Waals surface area contributed by atoms with Crippen molar-refractivity contribution in [2.75, 3.05) is 6.54 Å². The lowest BCUT2D eigenvalue weighted by molar-refractivity contribution is -0.142. The molecule has 0 radical (unpaired) electrons. The first-order chi connectivity index (χ1) is 17.1. The number of guanidine groups is 1. The average Bonchev–Trinajstić information content (AvgIpc) is 2.76. The summed E-state index contributed by atoms with van der Waals surface area (Å²) >= 11 is 0. The summed E-state index contributed by atoms with van der Waals surface area (Å²) in [6.45, 7) is 0.0856. The number of aliphatic carboxylic acids is 2. The van der Waals surface area contributed by atoms with Crippen LogP contribution in [0.3, 0.4) is 0 Å². The maximum Gasteiger partial charge on any atom is 0.326 e. The van der Waals surface area contributed by atoms with Gasteiger partial charge >= 0.3 is 11.9 Å². The van der Waals surface area contributed by atoms with E-state index in [0.717, 1.165) is 0 Å². The maximum absolute atomic E-state index is 12.8. The van der Waals surface area contributed by atoms with Gasteiger partial charge in [-0.1, -0.05) is 0 Å². The predicted octanol–water partition coefficient (Wildman–Crippen LogP) is -5.48. The summed E-state index contributed by atoms with van der Waals surface area (Å²) in [4.78, 5) is 86.3. The fourth-order valence-electron chi connectivity index (χ4n) is 2.83. The van der Waals surface area contributed by atoms with Crippen molar-refractivity contribution in [3.63, 3.8) is 0 Å². The number of carbonyl (C=O) groups excluding carboxylic acids is 5. The van der Waals surface area contributed by atoms with Gasteiger partial charge in [-0.15, -0.1) is 0 Å². The Morgan fingerprint density at radius 1 is 0.703 bits per heavy atom. The predicted molar refractivity (Wildman–Crippen MR) is 126 cm³/mol. The number of rotatable bonds is 18. The number of primary amides is 2. The van der Waals surface area contributed by atoms with Gasteiger partial charge in [-0.25, -0.2) is 4.79 Å². The SMILES string of the molecule is NC(=O)CCC(NC(=O)C(CC(N)=O)NC(=O)C(N)CC(=O)O)C(=O)NC(CCCN=C(N)N)C(=O)O. The van der Waals surface area contributed by atoms with Crippen molar-refractivity contribution < 1.29 is 43.8 Å². The molecule has 0 saturated carbocycles. The second-order valence-corrected chi connectivity index (χ2v) is 7.85. The van der Waals surface area contributed by atoms with Crippen molar-refractivity contribution in [3.8, 4) is 0 Å². The lowest BCUT2D eigenvalue weighted by atomic mass is 10.1. The molecular formula is C19H33N9O9. The molecule has 0 bridgehead atoms. The van der Waals surface area contributed by atoms with E-state index in [1.165, 1.54) is 0 Å². The highest BCUT2D eigenvalue weighted by molar-refractivity contribution is 5.96. The van der Waals surface area contributed by atoms with Crippen LogP contribution < -0.4 is 44.6 Å². The highest BCUT2D eigenvalue weighted by Crippen LogP contribution is 2.05. The second-order valence-electron chi connectivity index (χ2n) is 7.85. The molecule has 0 fully saturated rings. The van der Waals surface area contributed by atoms with Gasteiger partial charge in [0, 0.05) is 13.0 Å². The first kappa shape index (κ1) is 32.5. The van der Waals surface area contributed by atoms with Gasteiger partial charge in [0.05, 0.1) is 18.9 Å². The van der Waals surface area contributed by atoms with Crippen LogP contribution in [0.5, 0.6) is 0 Å². The van der Waals surface area contributed by atoms with Gasteiger partial charge < -0.3 is 54.8 Å². The number of nitrogens with one attached hydrogen (secondary N) is 3. The first-order valence-electron chi connectivity index (χ1n) is 10.9. The highest BCUT2D eigenvalue weighted by Gasteiger charge is 2.31. The van der Waals surface area contributed by atoms with E-state index in [-0.39, 0.29) is 31.8 Å². The number of hydrogen-bond acceptors (Lipinski definition) is 9. The number of nitrogens with zero attached hydrogens (tertiary/aromatic N) is 1. The van der Waals surface area contributed by atoms with Crippen molar-refractivity contribution in [1.82, 2.24) is 16.0 Å². The third-order valence-corrected chi connectivity index (χ3v) is 4.64. The Kier molecular flexibility index (Phi) is 14.3. The van der Waals surface area contributed by atoms with Crippen LogP contribution in [0.25, 0.3) is 0 Å². The molecule has 4 unspecified atom stereocenters. The number of amides is 5. The molecule has 0 aliphatic carbocycles. The van der Waals surface area contributed by atoms with Gasteiger partial charge in [-0.3, -0.25) is 33.8 Å². The number of hydrogen-bond donors (Lipinski definition) is 10. The molecule has 0 aromatic rings.